The molecule has 1 saturated carbocycles. The normalized spacial score (nSPS) is 18.8. The molecular weight excluding hydrogens is 148 g/mol. The first kappa shape index (κ1) is 8.91. The Labute approximate surface area is 66.2 Å². The van der Waals surface area contributed by atoms with Crippen molar-refractivity contribution in [1.29, 1.82) is 0 Å². The largest absolute Gasteiger partial charge is 0.311 e. The van der Waals surface area contributed by atoms with Crippen LogP contribution in [0.4, 0.5) is 8.78 Å². The van der Waals surface area contributed by atoms with Crippen LogP contribution in [0.3, 0.4) is 0 Å². The lowest BCUT2D eigenvalue weighted by Crippen LogP contribution is -2.25. The molecular formula is C8H15F2N. The molecule has 1 rings (SSSR count). The van der Waals surface area contributed by atoms with Crippen molar-refractivity contribution in [2.45, 2.75) is 32.1 Å². The van der Waals surface area contributed by atoms with Gasteiger partial charge >= 0.3 is 0 Å². The van der Waals surface area contributed by atoms with E-state index in [2.05, 4.69) is 5.32 Å². The highest BCUT2D eigenvalue weighted by Crippen LogP contribution is 2.28. The molecule has 0 amide bonds. The zero-order chi connectivity index (χ0) is 8.10. The van der Waals surface area contributed by atoms with E-state index in [1.54, 1.807) is 0 Å². The predicted molar refractivity (Wildman–Crippen MR) is 40.8 cm³/mol. The number of hydrogen-bond donors (Lipinski definition) is 1. The van der Waals surface area contributed by atoms with E-state index in [-0.39, 0.29) is 6.54 Å². The molecule has 0 spiro atoms. The third-order valence-electron chi connectivity index (χ3n) is 2.25. The number of halogens is 2. The Morgan fingerprint density at radius 3 is 2.55 bits per heavy atom. The van der Waals surface area contributed by atoms with Crippen molar-refractivity contribution in [1.82, 2.24) is 5.32 Å². The molecule has 1 nitrogen and oxygen atoms in total. The molecule has 3 heteroatoms. The fourth-order valence-corrected chi connectivity index (χ4v) is 1.30. The third-order valence-corrected chi connectivity index (χ3v) is 2.25. The van der Waals surface area contributed by atoms with Crippen molar-refractivity contribution in [2.24, 2.45) is 5.92 Å². The summed E-state index contributed by atoms with van der Waals surface area (Å²) in [6, 6.07) is 0. The highest BCUT2D eigenvalue weighted by Gasteiger charge is 2.16. The number of alkyl halides is 2. The van der Waals surface area contributed by atoms with Crippen LogP contribution in [0.15, 0.2) is 0 Å². The smallest absolute Gasteiger partial charge is 0.250 e. The van der Waals surface area contributed by atoms with E-state index in [0.29, 0.717) is 0 Å². The van der Waals surface area contributed by atoms with Gasteiger partial charge < -0.3 is 5.32 Å². The van der Waals surface area contributed by atoms with Gasteiger partial charge in [0, 0.05) is 0 Å². The first-order chi connectivity index (χ1) is 5.29. The van der Waals surface area contributed by atoms with Crippen molar-refractivity contribution < 1.29 is 8.78 Å². The lowest BCUT2D eigenvalue weighted by molar-refractivity contribution is 0.144. The molecule has 0 atom stereocenters. The van der Waals surface area contributed by atoms with Gasteiger partial charge in [0.2, 0.25) is 0 Å². The molecule has 0 aromatic carbocycles. The molecule has 0 saturated heterocycles. The van der Waals surface area contributed by atoms with E-state index in [4.69, 9.17) is 0 Å². The van der Waals surface area contributed by atoms with Gasteiger partial charge in [-0.25, -0.2) is 8.78 Å². The van der Waals surface area contributed by atoms with E-state index in [1.807, 2.05) is 0 Å². The van der Waals surface area contributed by atoms with Crippen molar-refractivity contribution in [3.05, 3.63) is 0 Å². The number of rotatable bonds is 5. The van der Waals surface area contributed by atoms with Gasteiger partial charge in [-0.3, -0.25) is 0 Å². The topological polar surface area (TPSA) is 12.0 Å². The minimum Gasteiger partial charge on any atom is -0.311 e. The lowest BCUT2D eigenvalue weighted by Gasteiger charge is -2.25. The Hall–Kier alpha value is -0.180. The Bertz CT molecular complexity index is 102. The van der Waals surface area contributed by atoms with Crippen LogP contribution in [0.2, 0.25) is 0 Å². The van der Waals surface area contributed by atoms with Gasteiger partial charge in [0.1, 0.15) is 0 Å². The summed E-state index contributed by atoms with van der Waals surface area (Å²) in [4.78, 5) is 0. The van der Waals surface area contributed by atoms with Crippen LogP contribution in [0.25, 0.3) is 0 Å². The highest BCUT2D eigenvalue weighted by molar-refractivity contribution is 4.70. The summed E-state index contributed by atoms with van der Waals surface area (Å²) in [5, 5.41) is 2.73. The van der Waals surface area contributed by atoms with Crippen LogP contribution in [0, 0.1) is 5.92 Å². The molecule has 0 bridgehead atoms. The maximum atomic E-state index is 11.6. The Morgan fingerprint density at radius 1 is 1.36 bits per heavy atom. The zero-order valence-electron chi connectivity index (χ0n) is 6.65. The maximum Gasteiger partial charge on any atom is 0.250 e. The second kappa shape index (κ2) is 4.65. The van der Waals surface area contributed by atoms with Gasteiger partial charge in [0.15, 0.2) is 0 Å². The van der Waals surface area contributed by atoms with Crippen LogP contribution in [-0.4, -0.2) is 19.5 Å². The molecule has 1 N–H and O–H groups in total. The zero-order valence-corrected chi connectivity index (χ0v) is 6.65. The van der Waals surface area contributed by atoms with Crippen LogP contribution in [0.1, 0.15) is 25.7 Å². The Balaban J connectivity index is 1.80. The molecule has 1 aliphatic rings. The summed E-state index contributed by atoms with van der Waals surface area (Å²) in [6.45, 7) is 0.613. The van der Waals surface area contributed by atoms with Crippen molar-refractivity contribution >= 4 is 0 Å². The quantitative estimate of drug-likeness (QED) is 0.611. The van der Waals surface area contributed by atoms with Gasteiger partial charge in [-0.05, 0) is 18.9 Å². The minimum atomic E-state index is -2.20. The lowest BCUT2D eigenvalue weighted by atomic mass is 9.83. The second-order valence-electron chi connectivity index (χ2n) is 3.18. The summed E-state index contributed by atoms with van der Waals surface area (Å²) in [7, 11) is 0. The molecule has 1 fully saturated rings. The second-order valence-corrected chi connectivity index (χ2v) is 3.18. The van der Waals surface area contributed by atoms with Crippen LogP contribution >= 0.6 is 0 Å². The molecule has 0 radical (unpaired) electrons. The molecule has 0 aliphatic heterocycles. The van der Waals surface area contributed by atoms with E-state index in [1.165, 1.54) is 19.3 Å². The minimum absolute atomic E-state index is 0.146. The standard InChI is InChI=1S/C8H15F2N/c9-8(10)6-11-5-4-7-2-1-3-7/h7-8,11H,1-6H2. The van der Waals surface area contributed by atoms with Crippen LogP contribution < -0.4 is 5.32 Å². The van der Waals surface area contributed by atoms with Gasteiger partial charge in [-0.15, -0.1) is 0 Å². The van der Waals surface area contributed by atoms with Crippen molar-refractivity contribution in [3.63, 3.8) is 0 Å². The average molecular weight is 163 g/mol. The highest BCUT2D eigenvalue weighted by atomic mass is 19.3. The van der Waals surface area contributed by atoms with Crippen LogP contribution in [-0.2, 0) is 0 Å². The summed E-state index contributed by atoms with van der Waals surface area (Å²) < 4.78 is 23.2. The fourth-order valence-electron chi connectivity index (χ4n) is 1.30. The number of hydrogen-bond acceptors (Lipinski definition) is 1. The van der Waals surface area contributed by atoms with Crippen LogP contribution in [0.5, 0.6) is 0 Å². The summed E-state index contributed by atoms with van der Waals surface area (Å²) in [5.41, 5.74) is 0. The first-order valence-electron chi connectivity index (χ1n) is 4.28. The van der Waals surface area contributed by atoms with E-state index in [9.17, 15) is 8.78 Å². The molecule has 66 valence electrons. The summed E-state index contributed by atoms with van der Waals surface area (Å²) in [5.74, 6) is 0.820. The SMILES string of the molecule is FC(F)CNCCC1CCC1. The fraction of sp³-hybridized carbons (Fsp3) is 1.00. The summed E-state index contributed by atoms with van der Waals surface area (Å²) in [6.07, 6.45) is 2.82. The van der Waals surface area contributed by atoms with Crippen molar-refractivity contribution in [2.75, 3.05) is 13.1 Å². The predicted octanol–water partition coefficient (Wildman–Crippen LogP) is 2.03. The summed E-state index contributed by atoms with van der Waals surface area (Å²) >= 11 is 0. The van der Waals surface area contributed by atoms with Crippen molar-refractivity contribution in [3.8, 4) is 0 Å². The van der Waals surface area contributed by atoms with E-state index >= 15 is 0 Å². The van der Waals surface area contributed by atoms with Gasteiger partial charge in [0.25, 0.3) is 6.43 Å². The maximum absolute atomic E-state index is 11.6. The number of nitrogens with one attached hydrogen (secondary N) is 1. The molecule has 1 aliphatic carbocycles. The molecule has 0 aromatic rings. The Kier molecular flexibility index (Phi) is 3.77. The molecule has 0 aromatic heterocycles. The molecule has 0 heterocycles. The average Bonchev–Trinajstić information content (AvgIpc) is 1.82. The monoisotopic (exact) mass is 163 g/mol. The van der Waals surface area contributed by atoms with Gasteiger partial charge in [-0.1, -0.05) is 19.3 Å². The van der Waals surface area contributed by atoms with E-state index in [0.717, 1.165) is 18.9 Å². The van der Waals surface area contributed by atoms with E-state index < -0.39 is 6.43 Å². The Morgan fingerprint density at radius 2 is 2.09 bits per heavy atom. The third kappa shape index (κ3) is 3.65. The molecule has 0 unspecified atom stereocenters. The first-order valence-corrected chi connectivity index (χ1v) is 4.28. The van der Waals surface area contributed by atoms with Gasteiger partial charge in [0.05, 0.1) is 6.54 Å². The molecule has 11 heavy (non-hydrogen) atoms. The van der Waals surface area contributed by atoms with Gasteiger partial charge in [-0.2, -0.15) is 0 Å².